The summed E-state index contributed by atoms with van der Waals surface area (Å²) in [4.78, 5) is 2.21. The van der Waals surface area contributed by atoms with E-state index in [0.717, 1.165) is 30.0 Å². The zero-order chi connectivity index (χ0) is 16.3. The number of sulfonamides is 1. The van der Waals surface area contributed by atoms with E-state index in [1.807, 2.05) is 7.05 Å². The first-order chi connectivity index (χ1) is 10.3. The molecule has 7 heteroatoms. The third-order valence-electron chi connectivity index (χ3n) is 4.48. The summed E-state index contributed by atoms with van der Waals surface area (Å²) in [5.74, 6) is 1.09. The van der Waals surface area contributed by atoms with E-state index in [1.54, 1.807) is 6.07 Å². The maximum Gasteiger partial charge on any atom is 0.275 e. The smallest absolute Gasteiger partial charge is 0.275 e. The minimum Gasteiger partial charge on any atom is -0.447 e. The molecule has 1 N–H and O–H groups in total. The fraction of sp³-hybridized carbons (Fsp3) is 0.733. The maximum absolute atomic E-state index is 12.0. The molecule has 0 amide bonds. The highest BCUT2D eigenvalue weighted by atomic mass is 32.2. The van der Waals surface area contributed by atoms with Gasteiger partial charge in [0.15, 0.2) is 0 Å². The Hall–Kier alpha value is -0.890. The van der Waals surface area contributed by atoms with Crippen LogP contribution in [0.15, 0.2) is 21.6 Å². The number of nitrogens with zero attached hydrogens (tertiary/aromatic N) is 2. The second-order valence-electron chi connectivity index (χ2n) is 6.28. The van der Waals surface area contributed by atoms with Crippen molar-refractivity contribution in [2.75, 3.05) is 27.7 Å². The lowest BCUT2D eigenvalue weighted by Crippen LogP contribution is -2.35. The predicted molar refractivity (Wildman–Crippen MR) is 83.9 cm³/mol. The molecule has 0 saturated heterocycles. The van der Waals surface area contributed by atoms with E-state index in [1.165, 1.54) is 20.2 Å². The van der Waals surface area contributed by atoms with Crippen molar-refractivity contribution in [3.05, 3.63) is 17.9 Å². The van der Waals surface area contributed by atoms with E-state index in [2.05, 4.69) is 4.90 Å². The molecule has 0 bridgehead atoms. The topological polar surface area (TPSA) is 74.0 Å². The lowest BCUT2D eigenvalue weighted by molar-refractivity contribution is 0.118. The van der Waals surface area contributed by atoms with Crippen LogP contribution in [0.3, 0.4) is 0 Å². The van der Waals surface area contributed by atoms with Gasteiger partial charge < -0.3 is 9.52 Å². The molecule has 0 spiro atoms. The lowest BCUT2D eigenvalue weighted by Gasteiger charge is -2.33. The second-order valence-corrected chi connectivity index (χ2v) is 8.36. The van der Waals surface area contributed by atoms with Crippen LogP contribution in [0, 0.1) is 5.92 Å². The third kappa shape index (κ3) is 3.90. The SMILES string of the molecule is CN(Cc1ccc(S(=O)(=O)N(C)C)o1)C1CCC(CO)CC1. The first kappa shape index (κ1) is 17.5. The molecule has 1 saturated carbocycles. The summed E-state index contributed by atoms with van der Waals surface area (Å²) in [6.07, 6.45) is 4.21. The Balaban J connectivity index is 1.96. The van der Waals surface area contributed by atoms with E-state index in [4.69, 9.17) is 4.42 Å². The highest BCUT2D eigenvalue weighted by Gasteiger charge is 2.25. The Bertz CT molecular complexity index is 574. The number of furan rings is 1. The van der Waals surface area contributed by atoms with Gasteiger partial charge in [-0.2, -0.15) is 0 Å². The van der Waals surface area contributed by atoms with Crippen molar-refractivity contribution in [1.82, 2.24) is 9.21 Å². The van der Waals surface area contributed by atoms with Crippen LogP contribution in [0.4, 0.5) is 0 Å². The number of aliphatic hydroxyl groups is 1. The Labute approximate surface area is 132 Å². The van der Waals surface area contributed by atoms with Crippen LogP contribution in [0.1, 0.15) is 31.4 Å². The van der Waals surface area contributed by atoms with Gasteiger partial charge in [0.2, 0.25) is 5.09 Å². The van der Waals surface area contributed by atoms with Gasteiger partial charge in [0, 0.05) is 26.7 Å². The number of rotatable bonds is 6. The summed E-state index contributed by atoms with van der Waals surface area (Å²) in [5, 5.41) is 9.18. The first-order valence-corrected chi connectivity index (χ1v) is 9.11. The second kappa shape index (κ2) is 7.12. The van der Waals surface area contributed by atoms with E-state index < -0.39 is 10.0 Å². The average Bonchev–Trinajstić information content (AvgIpc) is 2.96. The molecule has 0 radical (unpaired) electrons. The number of hydrogen-bond acceptors (Lipinski definition) is 5. The minimum atomic E-state index is -3.51. The van der Waals surface area contributed by atoms with Crippen molar-refractivity contribution in [3.63, 3.8) is 0 Å². The molecule has 0 aromatic carbocycles. The molecule has 1 fully saturated rings. The largest absolute Gasteiger partial charge is 0.447 e. The summed E-state index contributed by atoms with van der Waals surface area (Å²) in [6, 6.07) is 3.70. The van der Waals surface area contributed by atoms with Crippen LogP contribution in [0.25, 0.3) is 0 Å². The quantitative estimate of drug-likeness (QED) is 0.856. The first-order valence-electron chi connectivity index (χ1n) is 7.67. The third-order valence-corrected chi connectivity index (χ3v) is 6.16. The minimum absolute atomic E-state index is 0.00936. The van der Waals surface area contributed by atoms with Crippen molar-refractivity contribution in [1.29, 1.82) is 0 Å². The molecule has 6 nitrogen and oxygen atoms in total. The Morgan fingerprint density at radius 2 is 1.82 bits per heavy atom. The zero-order valence-electron chi connectivity index (χ0n) is 13.5. The molecule has 2 rings (SSSR count). The van der Waals surface area contributed by atoms with Crippen LogP contribution >= 0.6 is 0 Å². The molecular weight excluding hydrogens is 304 g/mol. The fourth-order valence-corrected chi connectivity index (χ4v) is 3.72. The molecule has 0 atom stereocenters. The average molecular weight is 330 g/mol. The summed E-state index contributed by atoms with van der Waals surface area (Å²) in [7, 11) is 1.51. The highest BCUT2D eigenvalue weighted by Crippen LogP contribution is 2.28. The summed E-state index contributed by atoms with van der Waals surface area (Å²) >= 11 is 0. The van der Waals surface area contributed by atoms with Gasteiger partial charge in [-0.1, -0.05) is 0 Å². The molecule has 1 aliphatic rings. The van der Waals surface area contributed by atoms with Gasteiger partial charge in [-0.05, 0) is 50.8 Å². The Morgan fingerprint density at radius 1 is 1.18 bits per heavy atom. The highest BCUT2D eigenvalue weighted by molar-refractivity contribution is 7.88. The van der Waals surface area contributed by atoms with E-state index >= 15 is 0 Å². The van der Waals surface area contributed by atoms with Crippen molar-refractivity contribution >= 4 is 10.0 Å². The Kier molecular flexibility index (Phi) is 5.65. The zero-order valence-corrected chi connectivity index (χ0v) is 14.3. The van der Waals surface area contributed by atoms with Gasteiger partial charge >= 0.3 is 0 Å². The van der Waals surface area contributed by atoms with Crippen LogP contribution < -0.4 is 0 Å². The van der Waals surface area contributed by atoms with E-state index in [-0.39, 0.29) is 11.7 Å². The normalized spacial score (nSPS) is 23.4. The summed E-state index contributed by atoms with van der Waals surface area (Å²) < 4.78 is 30.6. The molecule has 1 heterocycles. The van der Waals surface area contributed by atoms with Gasteiger partial charge in [-0.15, -0.1) is 0 Å². The number of aliphatic hydroxyl groups excluding tert-OH is 1. The fourth-order valence-electron chi connectivity index (χ4n) is 2.90. The Morgan fingerprint density at radius 3 is 2.36 bits per heavy atom. The number of hydrogen-bond donors (Lipinski definition) is 1. The van der Waals surface area contributed by atoms with Gasteiger partial charge in [-0.3, -0.25) is 4.90 Å². The maximum atomic E-state index is 12.0. The lowest BCUT2D eigenvalue weighted by atomic mass is 9.86. The van der Waals surface area contributed by atoms with Crippen LogP contribution in [0.2, 0.25) is 0 Å². The van der Waals surface area contributed by atoms with E-state index in [9.17, 15) is 13.5 Å². The van der Waals surface area contributed by atoms with Crippen molar-refractivity contribution < 1.29 is 17.9 Å². The van der Waals surface area contributed by atoms with Crippen molar-refractivity contribution in [2.24, 2.45) is 5.92 Å². The molecule has 126 valence electrons. The summed E-state index contributed by atoms with van der Waals surface area (Å²) in [6.45, 7) is 0.873. The van der Waals surface area contributed by atoms with Gasteiger partial charge in [0.05, 0.1) is 6.54 Å². The van der Waals surface area contributed by atoms with Crippen LogP contribution in [-0.2, 0) is 16.6 Å². The van der Waals surface area contributed by atoms with E-state index in [0.29, 0.717) is 24.3 Å². The molecule has 0 unspecified atom stereocenters. The molecule has 22 heavy (non-hydrogen) atoms. The molecule has 1 aromatic rings. The van der Waals surface area contributed by atoms with Crippen LogP contribution in [-0.4, -0.2) is 56.5 Å². The van der Waals surface area contributed by atoms with Crippen LogP contribution in [0.5, 0.6) is 0 Å². The van der Waals surface area contributed by atoms with Gasteiger partial charge in [-0.25, -0.2) is 12.7 Å². The molecular formula is C15H26N2O4S. The predicted octanol–water partition coefficient (Wildman–Crippen LogP) is 1.51. The van der Waals surface area contributed by atoms with Crippen molar-refractivity contribution in [2.45, 2.75) is 43.4 Å². The molecule has 0 aliphatic heterocycles. The molecule has 1 aromatic heterocycles. The standard InChI is InChI=1S/C15H26N2O4S/c1-16(2)22(19,20)15-9-8-14(21-15)10-17(3)13-6-4-12(11-18)5-7-13/h8-9,12-13,18H,4-7,10-11H2,1-3H3. The van der Waals surface area contributed by atoms with Gasteiger partial charge in [0.1, 0.15) is 5.76 Å². The monoisotopic (exact) mass is 330 g/mol. The van der Waals surface area contributed by atoms with Gasteiger partial charge in [0.25, 0.3) is 10.0 Å². The van der Waals surface area contributed by atoms with Crippen molar-refractivity contribution in [3.8, 4) is 0 Å². The molecule has 1 aliphatic carbocycles. The summed E-state index contributed by atoms with van der Waals surface area (Å²) in [5.41, 5.74) is 0.